The first kappa shape index (κ1) is 12.5. The summed E-state index contributed by atoms with van der Waals surface area (Å²) in [6, 6.07) is 5.01. The van der Waals surface area contributed by atoms with E-state index in [9.17, 15) is 9.59 Å². The van der Waals surface area contributed by atoms with Gasteiger partial charge >= 0.3 is 0 Å². The van der Waals surface area contributed by atoms with Gasteiger partial charge in [0, 0.05) is 25.6 Å². The number of nitrogens with one attached hydrogen (secondary N) is 1. The number of hydrogen-bond donors (Lipinski definition) is 1. The minimum atomic E-state index is -0.411. The molecule has 0 fully saturated rings. The summed E-state index contributed by atoms with van der Waals surface area (Å²) < 4.78 is 2.07. The molecule has 2 aromatic heterocycles. The minimum Gasteiger partial charge on any atom is -0.354 e. The second kappa shape index (κ2) is 5.14. The number of rotatable bonds is 2. The molecule has 0 aliphatic heterocycles. The third-order valence-corrected chi connectivity index (χ3v) is 2.82. The van der Waals surface area contributed by atoms with E-state index in [2.05, 4.69) is 26.2 Å². The molecule has 0 bridgehead atoms. The van der Waals surface area contributed by atoms with Crippen molar-refractivity contribution in [3.05, 3.63) is 57.2 Å². The monoisotopic (exact) mass is 307 g/mol. The van der Waals surface area contributed by atoms with E-state index in [1.807, 2.05) is 0 Å². The van der Waals surface area contributed by atoms with Crippen molar-refractivity contribution >= 4 is 27.5 Å². The summed E-state index contributed by atoms with van der Waals surface area (Å²) in [5.41, 5.74) is 0.208. The average Bonchev–Trinajstić information content (AvgIpc) is 2.36. The molecule has 0 aliphatic rings. The van der Waals surface area contributed by atoms with Gasteiger partial charge in [0.25, 0.3) is 5.91 Å². The van der Waals surface area contributed by atoms with Gasteiger partial charge in [-0.3, -0.25) is 14.6 Å². The Hall–Kier alpha value is -1.95. The number of halogens is 1. The summed E-state index contributed by atoms with van der Waals surface area (Å²) in [7, 11) is 1.76. The van der Waals surface area contributed by atoms with Crippen molar-refractivity contribution in [1.82, 2.24) is 9.55 Å². The van der Waals surface area contributed by atoms with Crippen molar-refractivity contribution in [2.45, 2.75) is 0 Å². The maximum absolute atomic E-state index is 11.9. The standard InChI is InChI=1S/C12H10BrN3O2/c1-16-6-8(13)11(17)10(7-16)15-12(18)9-4-2-3-5-14-9/h2-7H,1H3,(H,15,18). The Morgan fingerprint density at radius 1 is 1.39 bits per heavy atom. The van der Waals surface area contributed by atoms with Gasteiger partial charge in [0.1, 0.15) is 11.4 Å². The fourth-order valence-corrected chi connectivity index (χ4v) is 1.97. The normalized spacial score (nSPS) is 10.1. The van der Waals surface area contributed by atoms with Gasteiger partial charge in [-0.05, 0) is 28.1 Å². The molecule has 0 spiro atoms. The van der Waals surface area contributed by atoms with Crippen molar-refractivity contribution < 1.29 is 4.79 Å². The largest absolute Gasteiger partial charge is 0.354 e. The van der Waals surface area contributed by atoms with Crippen molar-refractivity contribution in [3.8, 4) is 0 Å². The topological polar surface area (TPSA) is 64.0 Å². The van der Waals surface area contributed by atoms with Gasteiger partial charge in [0.2, 0.25) is 5.43 Å². The predicted molar refractivity (Wildman–Crippen MR) is 71.6 cm³/mol. The molecule has 0 saturated heterocycles. The molecule has 0 saturated carbocycles. The van der Waals surface area contributed by atoms with Gasteiger partial charge in [-0.25, -0.2) is 0 Å². The Kier molecular flexibility index (Phi) is 3.57. The Morgan fingerprint density at radius 2 is 2.17 bits per heavy atom. The van der Waals surface area contributed by atoms with E-state index < -0.39 is 5.91 Å². The summed E-state index contributed by atoms with van der Waals surface area (Å²) in [6.07, 6.45) is 4.70. The molecule has 6 heteroatoms. The highest BCUT2D eigenvalue weighted by Crippen LogP contribution is 2.08. The third kappa shape index (κ3) is 2.65. The molecular formula is C12H10BrN3O2. The molecule has 1 amide bonds. The Labute approximate surface area is 112 Å². The number of pyridine rings is 2. The Balaban J connectivity index is 2.31. The zero-order chi connectivity index (χ0) is 13.1. The molecule has 0 aromatic carbocycles. The lowest BCUT2D eigenvalue weighted by Gasteiger charge is -2.06. The molecule has 1 N–H and O–H groups in total. The maximum Gasteiger partial charge on any atom is 0.274 e. The summed E-state index contributed by atoms with van der Waals surface area (Å²) in [5.74, 6) is -0.411. The van der Waals surface area contributed by atoms with Crippen LogP contribution in [0.1, 0.15) is 10.5 Å². The fraction of sp³-hybridized carbons (Fsp3) is 0.0833. The van der Waals surface area contributed by atoms with E-state index in [1.54, 1.807) is 42.2 Å². The van der Waals surface area contributed by atoms with E-state index in [0.717, 1.165) is 0 Å². The first-order valence-corrected chi connectivity index (χ1v) is 5.95. The van der Waals surface area contributed by atoms with E-state index in [4.69, 9.17) is 0 Å². The van der Waals surface area contributed by atoms with Gasteiger partial charge in [-0.15, -0.1) is 0 Å². The molecular weight excluding hydrogens is 298 g/mol. The SMILES string of the molecule is Cn1cc(Br)c(=O)c(NC(=O)c2ccccn2)c1. The van der Waals surface area contributed by atoms with Gasteiger partial charge < -0.3 is 9.88 Å². The van der Waals surface area contributed by atoms with Crippen LogP contribution in [-0.4, -0.2) is 15.5 Å². The van der Waals surface area contributed by atoms with Crippen molar-refractivity contribution in [2.24, 2.45) is 7.05 Å². The lowest BCUT2D eigenvalue weighted by molar-refractivity contribution is 0.102. The van der Waals surface area contributed by atoms with Crippen molar-refractivity contribution in [1.29, 1.82) is 0 Å². The summed E-state index contributed by atoms with van der Waals surface area (Å²) >= 11 is 3.14. The van der Waals surface area contributed by atoms with E-state index >= 15 is 0 Å². The minimum absolute atomic E-state index is 0.211. The van der Waals surface area contributed by atoms with Crippen LogP contribution >= 0.6 is 15.9 Å². The molecule has 0 unspecified atom stereocenters. The smallest absolute Gasteiger partial charge is 0.274 e. The molecule has 2 rings (SSSR count). The van der Waals surface area contributed by atoms with Crippen LogP contribution in [-0.2, 0) is 7.05 Å². The van der Waals surface area contributed by atoms with Crippen LogP contribution in [0.4, 0.5) is 5.69 Å². The molecule has 0 aliphatic carbocycles. The number of aryl methyl sites for hydroxylation is 1. The fourth-order valence-electron chi connectivity index (χ4n) is 1.44. The van der Waals surface area contributed by atoms with E-state index in [-0.39, 0.29) is 16.8 Å². The van der Waals surface area contributed by atoms with Crippen molar-refractivity contribution in [2.75, 3.05) is 5.32 Å². The summed E-state index contributed by atoms with van der Waals surface area (Å²) in [6.45, 7) is 0. The molecule has 92 valence electrons. The maximum atomic E-state index is 11.9. The first-order chi connectivity index (χ1) is 8.58. The molecule has 2 aromatic rings. The van der Waals surface area contributed by atoms with Crippen LogP contribution in [0.2, 0.25) is 0 Å². The number of anilines is 1. The van der Waals surface area contributed by atoms with Crippen molar-refractivity contribution in [3.63, 3.8) is 0 Å². The molecule has 5 nitrogen and oxygen atoms in total. The van der Waals surface area contributed by atoms with Gasteiger partial charge in [-0.1, -0.05) is 6.07 Å². The highest BCUT2D eigenvalue weighted by atomic mass is 79.9. The number of carbonyl (C=O) groups is 1. The number of amides is 1. The lowest BCUT2D eigenvalue weighted by Crippen LogP contribution is -2.20. The Bertz CT molecular complexity index is 638. The van der Waals surface area contributed by atoms with Crippen LogP contribution in [0.3, 0.4) is 0 Å². The second-order valence-corrected chi connectivity index (χ2v) is 4.54. The zero-order valence-electron chi connectivity index (χ0n) is 9.55. The van der Waals surface area contributed by atoms with Crippen LogP contribution in [0.25, 0.3) is 0 Å². The van der Waals surface area contributed by atoms with Gasteiger partial charge in [-0.2, -0.15) is 0 Å². The highest BCUT2D eigenvalue weighted by molar-refractivity contribution is 9.10. The highest BCUT2D eigenvalue weighted by Gasteiger charge is 2.10. The van der Waals surface area contributed by atoms with Crippen LogP contribution in [0.15, 0.2) is 46.1 Å². The molecule has 2 heterocycles. The number of nitrogens with zero attached hydrogens (tertiary/aromatic N) is 2. The molecule has 18 heavy (non-hydrogen) atoms. The molecule has 0 radical (unpaired) electrons. The first-order valence-electron chi connectivity index (χ1n) is 5.16. The number of carbonyl (C=O) groups excluding carboxylic acids is 1. The Morgan fingerprint density at radius 3 is 2.83 bits per heavy atom. The second-order valence-electron chi connectivity index (χ2n) is 3.68. The van der Waals surface area contributed by atoms with E-state index in [0.29, 0.717) is 4.47 Å². The summed E-state index contributed by atoms with van der Waals surface area (Å²) in [4.78, 5) is 27.6. The van der Waals surface area contributed by atoms with Crippen LogP contribution in [0.5, 0.6) is 0 Å². The quantitative estimate of drug-likeness (QED) is 0.920. The van der Waals surface area contributed by atoms with Gasteiger partial charge in [0.15, 0.2) is 0 Å². The lowest BCUT2D eigenvalue weighted by atomic mass is 10.3. The summed E-state index contributed by atoms with van der Waals surface area (Å²) in [5, 5.41) is 2.54. The van der Waals surface area contributed by atoms with Crippen LogP contribution < -0.4 is 10.7 Å². The van der Waals surface area contributed by atoms with Crippen LogP contribution in [0, 0.1) is 0 Å². The molecule has 0 atom stereocenters. The van der Waals surface area contributed by atoms with E-state index in [1.165, 1.54) is 6.20 Å². The zero-order valence-corrected chi connectivity index (χ0v) is 11.1. The number of aromatic nitrogens is 2. The van der Waals surface area contributed by atoms with Gasteiger partial charge in [0.05, 0.1) is 4.47 Å². The number of hydrogen-bond acceptors (Lipinski definition) is 3. The third-order valence-electron chi connectivity index (χ3n) is 2.26. The predicted octanol–water partition coefficient (Wildman–Crippen LogP) is 1.80. The average molecular weight is 308 g/mol.